The van der Waals surface area contributed by atoms with Crippen molar-refractivity contribution in [2.24, 2.45) is 0 Å². The zero-order chi connectivity index (χ0) is 17.0. The van der Waals surface area contributed by atoms with E-state index in [1.54, 1.807) is 25.1 Å². The minimum Gasteiger partial charge on any atom is -0.495 e. The molecule has 2 amide bonds. The molecular weight excluding hydrogens is 326 g/mol. The van der Waals surface area contributed by atoms with E-state index < -0.39 is 23.7 Å². The third-order valence-electron chi connectivity index (χ3n) is 3.20. The van der Waals surface area contributed by atoms with Crippen LogP contribution in [0.15, 0.2) is 36.4 Å². The highest BCUT2D eigenvalue weighted by molar-refractivity contribution is 6.32. The first-order valence-electron chi connectivity index (χ1n) is 6.76. The summed E-state index contributed by atoms with van der Waals surface area (Å²) in [6.45, 7) is 1.66. The predicted octanol–water partition coefficient (Wildman–Crippen LogP) is 4.51. The molecule has 0 aliphatic heterocycles. The van der Waals surface area contributed by atoms with Crippen LogP contribution in [0.4, 0.5) is 19.3 Å². The molecule has 0 aliphatic rings. The summed E-state index contributed by atoms with van der Waals surface area (Å²) in [5, 5.41) is 5.59. The van der Waals surface area contributed by atoms with E-state index in [1.165, 1.54) is 13.2 Å². The highest BCUT2D eigenvalue weighted by atomic mass is 35.5. The minimum atomic E-state index is -0.960. The normalized spacial score (nSPS) is 11.7. The number of carbonyl (C=O) groups is 1. The first-order chi connectivity index (χ1) is 10.9. The van der Waals surface area contributed by atoms with E-state index >= 15 is 0 Å². The highest BCUT2D eigenvalue weighted by Crippen LogP contribution is 2.27. The molecule has 23 heavy (non-hydrogen) atoms. The number of ether oxygens (including phenoxy) is 1. The molecule has 0 bridgehead atoms. The fourth-order valence-electron chi connectivity index (χ4n) is 1.97. The number of hydrogen-bond donors (Lipinski definition) is 2. The standard InChI is InChI=1S/C16H15ClF2N2O2/c1-9(10-3-5-13(18)14(19)7-10)20-16(22)21-11-4-6-15(23-2)12(17)8-11/h3-9H,1-2H3,(H2,20,21,22). The van der Waals surface area contributed by atoms with Crippen molar-refractivity contribution in [3.63, 3.8) is 0 Å². The van der Waals surface area contributed by atoms with Gasteiger partial charge in [-0.15, -0.1) is 0 Å². The van der Waals surface area contributed by atoms with Crippen LogP contribution >= 0.6 is 11.6 Å². The summed E-state index contributed by atoms with van der Waals surface area (Å²) >= 11 is 5.97. The molecule has 2 N–H and O–H groups in total. The molecule has 0 saturated heterocycles. The smallest absolute Gasteiger partial charge is 0.319 e. The van der Waals surface area contributed by atoms with Gasteiger partial charge in [0, 0.05) is 5.69 Å². The van der Waals surface area contributed by atoms with Crippen LogP contribution in [0.5, 0.6) is 5.75 Å². The lowest BCUT2D eigenvalue weighted by molar-refractivity contribution is 0.249. The van der Waals surface area contributed by atoms with Gasteiger partial charge < -0.3 is 15.4 Å². The molecule has 122 valence electrons. The van der Waals surface area contributed by atoms with Crippen molar-refractivity contribution in [3.05, 3.63) is 58.6 Å². The Labute approximate surface area is 137 Å². The van der Waals surface area contributed by atoms with Crippen molar-refractivity contribution in [2.45, 2.75) is 13.0 Å². The van der Waals surface area contributed by atoms with Crippen molar-refractivity contribution in [3.8, 4) is 5.75 Å². The Balaban J connectivity index is 2.01. The number of anilines is 1. The number of benzene rings is 2. The molecular formula is C16H15ClF2N2O2. The van der Waals surface area contributed by atoms with Gasteiger partial charge >= 0.3 is 6.03 Å². The van der Waals surface area contributed by atoms with Gasteiger partial charge in [-0.25, -0.2) is 13.6 Å². The molecule has 0 aromatic heterocycles. The third-order valence-corrected chi connectivity index (χ3v) is 3.50. The van der Waals surface area contributed by atoms with Gasteiger partial charge in [-0.2, -0.15) is 0 Å². The van der Waals surface area contributed by atoms with Crippen LogP contribution in [-0.2, 0) is 0 Å². The topological polar surface area (TPSA) is 50.4 Å². The van der Waals surface area contributed by atoms with Gasteiger partial charge in [-0.05, 0) is 42.8 Å². The number of urea groups is 1. The van der Waals surface area contributed by atoms with E-state index in [0.717, 1.165) is 12.1 Å². The summed E-state index contributed by atoms with van der Waals surface area (Å²) in [5.41, 5.74) is 0.928. The quantitative estimate of drug-likeness (QED) is 0.860. The molecule has 0 aliphatic carbocycles. The van der Waals surface area contributed by atoms with Gasteiger partial charge in [0.25, 0.3) is 0 Å². The number of nitrogens with one attached hydrogen (secondary N) is 2. The maximum Gasteiger partial charge on any atom is 0.319 e. The lowest BCUT2D eigenvalue weighted by Gasteiger charge is -2.15. The van der Waals surface area contributed by atoms with Crippen LogP contribution in [0.25, 0.3) is 0 Å². The van der Waals surface area contributed by atoms with Gasteiger partial charge in [0.15, 0.2) is 11.6 Å². The molecule has 0 saturated carbocycles. The van der Waals surface area contributed by atoms with Crippen molar-refractivity contribution >= 4 is 23.3 Å². The van der Waals surface area contributed by atoms with Gasteiger partial charge in [0.05, 0.1) is 18.2 Å². The molecule has 4 nitrogen and oxygen atoms in total. The second kappa shape index (κ2) is 7.28. The first-order valence-corrected chi connectivity index (χ1v) is 7.14. The number of amides is 2. The summed E-state index contributed by atoms with van der Waals surface area (Å²) in [6.07, 6.45) is 0. The van der Waals surface area contributed by atoms with Gasteiger partial charge in [-0.3, -0.25) is 0 Å². The Morgan fingerprint density at radius 2 is 1.91 bits per heavy atom. The van der Waals surface area contributed by atoms with Crippen LogP contribution < -0.4 is 15.4 Å². The third kappa shape index (κ3) is 4.32. The Morgan fingerprint density at radius 3 is 2.52 bits per heavy atom. The fourth-order valence-corrected chi connectivity index (χ4v) is 2.23. The van der Waals surface area contributed by atoms with E-state index in [1.807, 2.05) is 0 Å². The molecule has 2 rings (SSSR count). The number of rotatable bonds is 4. The van der Waals surface area contributed by atoms with Gasteiger partial charge in [0.1, 0.15) is 5.75 Å². The molecule has 0 radical (unpaired) electrons. The van der Waals surface area contributed by atoms with E-state index in [-0.39, 0.29) is 0 Å². The lowest BCUT2D eigenvalue weighted by atomic mass is 10.1. The van der Waals surface area contributed by atoms with Crippen LogP contribution in [0.2, 0.25) is 5.02 Å². The molecule has 0 spiro atoms. The molecule has 0 heterocycles. The fraction of sp³-hybridized carbons (Fsp3) is 0.188. The SMILES string of the molecule is COc1ccc(NC(=O)NC(C)c2ccc(F)c(F)c2)cc1Cl. The number of carbonyl (C=O) groups excluding carboxylic acids is 1. The number of halogens is 3. The summed E-state index contributed by atoms with van der Waals surface area (Å²) in [6, 6.07) is 7.27. The van der Waals surface area contributed by atoms with Gasteiger partial charge in [0.2, 0.25) is 0 Å². The Kier molecular flexibility index (Phi) is 5.39. The van der Waals surface area contributed by atoms with E-state index in [4.69, 9.17) is 16.3 Å². The van der Waals surface area contributed by atoms with Crippen LogP contribution in [0, 0.1) is 11.6 Å². The molecule has 2 aromatic carbocycles. The molecule has 0 fully saturated rings. The number of hydrogen-bond acceptors (Lipinski definition) is 2. The molecule has 1 unspecified atom stereocenters. The first kappa shape index (κ1) is 17.0. The van der Waals surface area contributed by atoms with Crippen LogP contribution in [0.1, 0.15) is 18.5 Å². The second-order valence-electron chi connectivity index (χ2n) is 4.84. The highest BCUT2D eigenvalue weighted by Gasteiger charge is 2.12. The average molecular weight is 341 g/mol. The second-order valence-corrected chi connectivity index (χ2v) is 5.25. The van der Waals surface area contributed by atoms with Gasteiger partial charge in [-0.1, -0.05) is 17.7 Å². The van der Waals surface area contributed by atoms with Crippen molar-refractivity contribution in [2.75, 3.05) is 12.4 Å². The average Bonchev–Trinajstić information content (AvgIpc) is 2.50. The summed E-state index contributed by atoms with van der Waals surface area (Å²) in [4.78, 5) is 11.9. The Bertz CT molecular complexity index is 725. The van der Waals surface area contributed by atoms with E-state index in [0.29, 0.717) is 22.0 Å². The van der Waals surface area contributed by atoms with E-state index in [2.05, 4.69) is 10.6 Å². The summed E-state index contributed by atoms with van der Waals surface area (Å²) < 4.78 is 31.1. The Morgan fingerprint density at radius 1 is 1.17 bits per heavy atom. The maximum absolute atomic E-state index is 13.2. The van der Waals surface area contributed by atoms with Crippen molar-refractivity contribution in [1.29, 1.82) is 0 Å². The van der Waals surface area contributed by atoms with Crippen molar-refractivity contribution in [1.82, 2.24) is 5.32 Å². The zero-order valence-corrected chi connectivity index (χ0v) is 13.2. The van der Waals surface area contributed by atoms with Crippen LogP contribution in [0.3, 0.4) is 0 Å². The predicted molar refractivity (Wildman–Crippen MR) is 84.9 cm³/mol. The molecule has 2 aromatic rings. The van der Waals surface area contributed by atoms with E-state index in [9.17, 15) is 13.6 Å². The Hall–Kier alpha value is -2.34. The largest absolute Gasteiger partial charge is 0.495 e. The number of methoxy groups -OCH3 is 1. The van der Waals surface area contributed by atoms with Crippen molar-refractivity contribution < 1.29 is 18.3 Å². The van der Waals surface area contributed by atoms with Crippen LogP contribution in [-0.4, -0.2) is 13.1 Å². The summed E-state index contributed by atoms with van der Waals surface area (Å²) in [7, 11) is 1.49. The molecule has 7 heteroatoms. The monoisotopic (exact) mass is 340 g/mol. The maximum atomic E-state index is 13.2. The summed E-state index contributed by atoms with van der Waals surface area (Å²) in [5.74, 6) is -1.40. The minimum absolute atomic E-state index is 0.360. The lowest BCUT2D eigenvalue weighted by Crippen LogP contribution is -2.31. The zero-order valence-electron chi connectivity index (χ0n) is 12.5. The molecule has 1 atom stereocenters.